The Morgan fingerprint density at radius 2 is 1.79 bits per heavy atom. The quantitative estimate of drug-likeness (QED) is 0.687. The van der Waals surface area contributed by atoms with Gasteiger partial charge in [0.2, 0.25) is 0 Å². The van der Waals surface area contributed by atoms with E-state index in [4.69, 9.17) is 9.47 Å². The lowest BCUT2D eigenvalue weighted by Crippen LogP contribution is -2.51. The highest BCUT2D eigenvalue weighted by Crippen LogP contribution is 2.42. The second kappa shape index (κ2) is 9.11. The molecule has 1 aliphatic heterocycles. The molecule has 29 heavy (non-hydrogen) atoms. The normalized spacial score (nSPS) is 20.6. The average molecular weight is 400 g/mol. The molecule has 0 saturated heterocycles. The Morgan fingerprint density at radius 3 is 2.41 bits per heavy atom. The van der Waals surface area contributed by atoms with Gasteiger partial charge in [-0.25, -0.2) is 9.59 Å². The smallest absolute Gasteiger partial charge is 0.338 e. The van der Waals surface area contributed by atoms with Crippen LogP contribution in [0.3, 0.4) is 0 Å². The molecule has 7 heteroatoms. The minimum atomic E-state index is -0.674. The molecule has 7 nitrogen and oxygen atoms in total. The fourth-order valence-electron chi connectivity index (χ4n) is 4.20. The van der Waals surface area contributed by atoms with Crippen LogP contribution in [0.5, 0.6) is 0 Å². The molecule has 0 spiro atoms. The molecule has 2 N–H and O–H groups in total. The van der Waals surface area contributed by atoms with E-state index in [-0.39, 0.29) is 24.9 Å². The zero-order valence-electron chi connectivity index (χ0n) is 17.0. The first-order chi connectivity index (χ1) is 14.0. The summed E-state index contributed by atoms with van der Waals surface area (Å²) in [7, 11) is 0. The van der Waals surface area contributed by atoms with Crippen LogP contribution in [0, 0.1) is 0 Å². The van der Waals surface area contributed by atoms with E-state index in [1.165, 1.54) is 0 Å². The maximum atomic E-state index is 13.2. The predicted molar refractivity (Wildman–Crippen MR) is 107 cm³/mol. The van der Waals surface area contributed by atoms with E-state index in [0.29, 0.717) is 12.0 Å². The van der Waals surface area contributed by atoms with Crippen LogP contribution < -0.4 is 10.6 Å². The number of rotatable bonds is 7. The van der Waals surface area contributed by atoms with Crippen LogP contribution >= 0.6 is 0 Å². The summed E-state index contributed by atoms with van der Waals surface area (Å²) < 4.78 is 10.8. The third kappa shape index (κ3) is 4.28. The van der Waals surface area contributed by atoms with Crippen molar-refractivity contribution in [3.05, 3.63) is 47.2 Å². The molecule has 1 atom stereocenters. The zero-order valence-corrected chi connectivity index (χ0v) is 17.0. The molecular formula is C22H28N2O5. The monoisotopic (exact) mass is 400 g/mol. The van der Waals surface area contributed by atoms with Gasteiger partial charge in [0, 0.05) is 0 Å². The minimum absolute atomic E-state index is 0.175. The van der Waals surface area contributed by atoms with E-state index in [1.54, 1.807) is 6.92 Å². The zero-order chi connectivity index (χ0) is 20.9. The standard InChI is InChI=1S/C22H28N2O5/c1-3-16-18(19(25)28-4-2)17(24-21(27)23-16)14-29-20(26)22(12-8-9-13-22)15-10-6-5-7-11-15/h5-7,10-11,16H,3-4,8-9,12-14H2,1-2H3,(H2,23,24,27)/t16-/m1/s1. The van der Waals surface area contributed by atoms with Gasteiger partial charge in [-0.1, -0.05) is 50.1 Å². The number of carbonyl (C=O) groups excluding carboxylic acids is 3. The summed E-state index contributed by atoms with van der Waals surface area (Å²) in [5.41, 5.74) is 0.867. The van der Waals surface area contributed by atoms with E-state index >= 15 is 0 Å². The van der Waals surface area contributed by atoms with Crippen molar-refractivity contribution in [2.24, 2.45) is 0 Å². The van der Waals surface area contributed by atoms with Crippen molar-refractivity contribution >= 4 is 18.0 Å². The van der Waals surface area contributed by atoms with E-state index in [0.717, 1.165) is 31.2 Å². The Labute approximate surface area is 170 Å². The van der Waals surface area contributed by atoms with Crippen LogP contribution in [0.1, 0.15) is 51.5 Å². The van der Waals surface area contributed by atoms with Gasteiger partial charge in [-0.15, -0.1) is 0 Å². The molecular weight excluding hydrogens is 372 g/mol. The average Bonchev–Trinajstić information content (AvgIpc) is 3.23. The molecule has 1 fully saturated rings. The minimum Gasteiger partial charge on any atom is -0.463 e. The van der Waals surface area contributed by atoms with Gasteiger partial charge in [0.15, 0.2) is 0 Å². The van der Waals surface area contributed by atoms with Crippen LogP contribution in [0.4, 0.5) is 4.79 Å². The van der Waals surface area contributed by atoms with Crippen molar-refractivity contribution in [2.45, 2.75) is 57.4 Å². The van der Waals surface area contributed by atoms with Crippen molar-refractivity contribution < 1.29 is 23.9 Å². The van der Waals surface area contributed by atoms with Gasteiger partial charge in [-0.2, -0.15) is 0 Å². The number of urea groups is 1. The molecule has 0 unspecified atom stereocenters. The summed E-state index contributed by atoms with van der Waals surface area (Å²) in [6.07, 6.45) is 3.89. The maximum absolute atomic E-state index is 13.2. The molecule has 0 radical (unpaired) electrons. The lowest BCUT2D eigenvalue weighted by atomic mass is 9.79. The van der Waals surface area contributed by atoms with Crippen molar-refractivity contribution in [1.29, 1.82) is 0 Å². The van der Waals surface area contributed by atoms with Gasteiger partial charge in [0.25, 0.3) is 0 Å². The molecule has 1 heterocycles. The molecule has 3 rings (SSSR count). The van der Waals surface area contributed by atoms with Crippen molar-refractivity contribution in [1.82, 2.24) is 10.6 Å². The second-order valence-corrected chi connectivity index (χ2v) is 7.40. The predicted octanol–water partition coefficient (Wildman–Crippen LogP) is 2.95. The number of carbonyl (C=O) groups is 3. The molecule has 1 aromatic rings. The maximum Gasteiger partial charge on any atom is 0.338 e. The number of ether oxygens (including phenoxy) is 2. The Bertz CT molecular complexity index is 797. The van der Waals surface area contributed by atoms with E-state index in [2.05, 4.69) is 10.6 Å². The summed E-state index contributed by atoms with van der Waals surface area (Å²) in [5.74, 6) is -0.839. The highest BCUT2D eigenvalue weighted by molar-refractivity contribution is 5.95. The topological polar surface area (TPSA) is 93.7 Å². The van der Waals surface area contributed by atoms with Gasteiger partial charge in [-0.3, -0.25) is 4.79 Å². The number of hydrogen-bond acceptors (Lipinski definition) is 5. The Kier molecular flexibility index (Phi) is 6.56. The van der Waals surface area contributed by atoms with Crippen molar-refractivity contribution in [3.63, 3.8) is 0 Å². The van der Waals surface area contributed by atoms with Gasteiger partial charge in [-0.05, 0) is 31.7 Å². The molecule has 2 amide bonds. The molecule has 1 aliphatic carbocycles. The number of esters is 2. The second-order valence-electron chi connectivity index (χ2n) is 7.40. The summed E-state index contributed by atoms with van der Waals surface area (Å²) in [5, 5.41) is 5.33. The van der Waals surface area contributed by atoms with E-state index in [1.807, 2.05) is 37.3 Å². The van der Waals surface area contributed by atoms with Gasteiger partial charge < -0.3 is 20.1 Å². The fourth-order valence-corrected chi connectivity index (χ4v) is 4.20. The SMILES string of the molecule is CCOC(=O)C1=C(COC(=O)C2(c3ccccc3)CCCC2)NC(=O)N[C@@H]1CC. The molecule has 156 valence electrons. The summed E-state index contributed by atoms with van der Waals surface area (Å²) >= 11 is 0. The van der Waals surface area contributed by atoms with Crippen LogP contribution in [0.15, 0.2) is 41.6 Å². The third-order valence-electron chi connectivity index (χ3n) is 5.67. The van der Waals surface area contributed by atoms with Gasteiger partial charge in [0.05, 0.1) is 29.3 Å². The molecule has 2 aliphatic rings. The first-order valence-electron chi connectivity index (χ1n) is 10.2. The Hall–Kier alpha value is -2.83. The summed E-state index contributed by atoms with van der Waals surface area (Å²) in [4.78, 5) is 37.6. The van der Waals surface area contributed by atoms with Crippen molar-refractivity contribution in [3.8, 4) is 0 Å². The lowest BCUT2D eigenvalue weighted by Gasteiger charge is -2.30. The van der Waals surface area contributed by atoms with Crippen LogP contribution in [0.2, 0.25) is 0 Å². The molecule has 1 aromatic carbocycles. The first-order valence-corrected chi connectivity index (χ1v) is 10.2. The van der Waals surface area contributed by atoms with E-state index in [9.17, 15) is 14.4 Å². The highest BCUT2D eigenvalue weighted by Gasteiger charge is 2.44. The largest absolute Gasteiger partial charge is 0.463 e. The van der Waals surface area contributed by atoms with Crippen molar-refractivity contribution in [2.75, 3.05) is 13.2 Å². The highest BCUT2D eigenvalue weighted by atomic mass is 16.5. The lowest BCUT2D eigenvalue weighted by molar-refractivity contribution is -0.150. The van der Waals surface area contributed by atoms with Crippen LogP contribution in [0.25, 0.3) is 0 Å². The number of nitrogens with one attached hydrogen (secondary N) is 2. The summed E-state index contributed by atoms with van der Waals surface area (Å²) in [6.45, 7) is 3.63. The molecule has 1 saturated carbocycles. The number of benzene rings is 1. The van der Waals surface area contributed by atoms with E-state index < -0.39 is 23.5 Å². The first kappa shape index (κ1) is 20.9. The summed E-state index contributed by atoms with van der Waals surface area (Å²) in [6, 6.07) is 8.76. The Balaban J connectivity index is 1.84. The fraction of sp³-hybridized carbons (Fsp3) is 0.500. The number of amides is 2. The third-order valence-corrected chi connectivity index (χ3v) is 5.67. The molecule has 0 bridgehead atoms. The molecule has 0 aromatic heterocycles. The van der Waals surface area contributed by atoms with Gasteiger partial charge >= 0.3 is 18.0 Å². The van der Waals surface area contributed by atoms with Crippen LogP contribution in [-0.2, 0) is 24.5 Å². The van der Waals surface area contributed by atoms with Crippen LogP contribution in [-0.4, -0.2) is 37.2 Å². The van der Waals surface area contributed by atoms with Gasteiger partial charge in [0.1, 0.15) is 6.61 Å². The Morgan fingerprint density at radius 1 is 1.10 bits per heavy atom. The number of hydrogen-bond donors (Lipinski definition) is 2.